The van der Waals surface area contributed by atoms with E-state index in [4.69, 9.17) is 9.97 Å². The molecule has 0 saturated carbocycles. The topological polar surface area (TPSA) is 35.6 Å². The molecule has 0 amide bonds. The van der Waals surface area contributed by atoms with E-state index < -0.39 is 0 Å². The largest absolute Gasteiger partial charge is 0.309 e. The molecule has 0 unspecified atom stereocenters. The average molecular weight is 745 g/mol. The number of benzene rings is 8. The summed E-state index contributed by atoms with van der Waals surface area (Å²) in [5.41, 5.74) is 12.0. The number of nitrogens with zero attached hydrogens (tertiary/aromatic N) is 4. The highest BCUT2D eigenvalue weighted by Gasteiger charge is 2.21. The van der Waals surface area contributed by atoms with Gasteiger partial charge in [0.1, 0.15) is 0 Å². The van der Waals surface area contributed by atoms with Gasteiger partial charge in [-0.25, -0.2) is 9.97 Å². The average Bonchev–Trinajstić information content (AvgIpc) is 3.93. The molecule has 0 aliphatic rings. The lowest BCUT2D eigenvalue weighted by Gasteiger charge is -2.12. The summed E-state index contributed by atoms with van der Waals surface area (Å²) in [6.07, 6.45) is 0. The minimum Gasteiger partial charge on any atom is -0.309 e. The summed E-state index contributed by atoms with van der Waals surface area (Å²) in [7, 11) is 0. The molecule has 4 heterocycles. The predicted octanol–water partition coefficient (Wildman–Crippen LogP) is 14.0. The Morgan fingerprint density at radius 2 is 0.877 bits per heavy atom. The fraction of sp³-hybridized carbons (Fsp3) is 0. The van der Waals surface area contributed by atoms with E-state index in [1.807, 2.05) is 23.5 Å². The highest BCUT2D eigenvalue weighted by Crippen LogP contribution is 2.42. The summed E-state index contributed by atoms with van der Waals surface area (Å²) in [5.74, 6) is 0.647. The van der Waals surface area contributed by atoms with E-state index >= 15 is 0 Å². The van der Waals surface area contributed by atoms with E-state index in [0.717, 1.165) is 55.5 Å². The van der Waals surface area contributed by atoms with Crippen LogP contribution in [0.15, 0.2) is 194 Å². The molecule has 8 aromatic carbocycles. The number of fused-ring (bicyclic) bond motifs is 9. The molecule has 0 radical (unpaired) electrons. The van der Waals surface area contributed by atoms with Crippen LogP contribution in [0.25, 0.3) is 109 Å². The molecule has 4 nitrogen and oxygen atoms in total. The lowest BCUT2D eigenvalue weighted by atomic mass is 10.0. The second-order valence-corrected chi connectivity index (χ2v) is 15.6. The molecule has 0 bridgehead atoms. The van der Waals surface area contributed by atoms with Gasteiger partial charge in [0.15, 0.2) is 0 Å². The third kappa shape index (κ3) is 4.99. The molecule has 0 fully saturated rings. The normalized spacial score (nSPS) is 11.9. The Morgan fingerprint density at radius 1 is 0.351 bits per heavy atom. The summed E-state index contributed by atoms with van der Waals surface area (Å²) in [6, 6.07) is 69.5. The van der Waals surface area contributed by atoms with Crippen molar-refractivity contribution in [3.63, 3.8) is 0 Å². The van der Waals surface area contributed by atoms with Crippen molar-refractivity contribution in [3.8, 4) is 45.3 Å². The van der Waals surface area contributed by atoms with Crippen molar-refractivity contribution < 1.29 is 0 Å². The second-order valence-electron chi connectivity index (χ2n) is 14.6. The Bertz CT molecular complexity index is 3450. The maximum atomic E-state index is 5.28. The first-order chi connectivity index (χ1) is 28.3. The van der Waals surface area contributed by atoms with Crippen molar-refractivity contribution in [2.24, 2.45) is 0 Å². The molecule has 0 N–H and O–H groups in total. The summed E-state index contributed by atoms with van der Waals surface area (Å²) >= 11 is 1.87. The zero-order valence-corrected chi connectivity index (χ0v) is 31.5. The molecule has 5 heteroatoms. The molecule has 12 aromatic rings. The van der Waals surface area contributed by atoms with E-state index in [2.05, 4.69) is 191 Å². The number of rotatable bonds is 5. The van der Waals surface area contributed by atoms with Crippen LogP contribution in [-0.4, -0.2) is 19.1 Å². The van der Waals surface area contributed by atoms with Crippen LogP contribution in [0.4, 0.5) is 0 Å². The van der Waals surface area contributed by atoms with Crippen molar-refractivity contribution in [2.75, 3.05) is 0 Å². The smallest absolute Gasteiger partial charge is 0.235 e. The van der Waals surface area contributed by atoms with Crippen molar-refractivity contribution in [3.05, 3.63) is 194 Å². The monoisotopic (exact) mass is 744 g/mol. The van der Waals surface area contributed by atoms with Crippen LogP contribution in [0.5, 0.6) is 0 Å². The fourth-order valence-electron chi connectivity index (χ4n) is 8.74. The van der Waals surface area contributed by atoms with Gasteiger partial charge < -0.3 is 4.57 Å². The maximum absolute atomic E-state index is 5.28. The van der Waals surface area contributed by atoms with Crippen molar-refractivity contribution in [1.29, 1.82) is 0 Å². The molecule has 0 saturated heterocycles. The van der Waals surface area contributed by atoms with Crippen LogP contribution < -0.4 is 0 Å². The zero-order chi connectivity index (χ0) is 37.5. The maximum Gasteiger partial charge on any atom is 0.235 e. The summed E-state index contributed by atoms with van der Waals surface area (Å²) in [6.45, 7) is 0. The lowest BCUT2D eigenvalue weighted by Crippen LogP contribution is -2.04. The Morgan fingerprint density at radius 3 is 1.53 bits per heavy atom. The first kappa shape index (κ1) is 32.0. The highest BCUT2D eigenvalue weighted by atomic mass is 32.1. The fourth-order valence-corrected chi connectivity index (χ4v) is 9.98. The van der Waals surface area contributed by atoms with E-state index in [9.17, 15) is 0 Å². The molecule has 266 valence electrons. The molecular formula is C52H32N4S. The minimum absolute atomic E-state index is 0.647. The van der Waals surface area contributed by atoms with Crippen LogP contribution in [-0.2, 0) is 0 Å². The molecule has 0 aliphatic heterocycles. The Kier molecular flexibility index (Phi) is 7.06. The Balaban J connectivity index is 1.07. The van der Waals surface area contributed by atoms with Gasteiger partial charge in [-0.1, -0.05) is 146 Å². The van der Waals surface area contributed by atoms with Gasteiger partial charge >= 0.3 is 0 Å². The van der Waals surface area contributed by atoms with Crippen molar-refractivity contribution >= 4 is 75.1 Å². The molecular weight excluding hydrogens is 713 g/mol. The van der Waals surface area contributed by atoms with Gasteiger partial charge in [0, 0.05) is 58.5 Å². The molecule has 0 atom stereocenters. The lowest BCUT2D eigenvalue weighted by molar-refractivity contribution is 0.996. The highest BCUT2D eigenvalue weighted by molar-refractivity contribution is 7.26. The summed E-state index contributed by atoms with van der Waals surface area (Å²) in [5, 5.41) is 7.34. The van der Waals surface area contributed by atoms with Gasteiger partial charge in [0.2, 0.25) is 5.95 Å². The van der Waals surface area contributed by atoms with Gasteiger partial charge in [-0.05, 0) is 59.7 Å². The van der Waals surface area contributed by atoms with Crippen molar-refractivity contribution in [2.45, 2.75) is 0 Å². The first-order valence-corrected chi connectivity index (χ1v) is 20.1. The van der Waals surface area contributed by atoms with Crippen molar-refractivity contribution in [1.82, 2.24) is 19.1 Å². The molecule has 0 aliphatic carbocycles. The third-order valence-electron chi connectivity index (χ3n) is 11.4. The minimum atomic E-state index is 0.647. The van der Waals surface area contributed by atoms with Crippen LogP contribution in [0.1, 0.15) is 0 Å². The van der Waals surface area contributed by atoms with Gasteiger partial charge in [0.25, 0.3) is 0 Å². The molecule has 0 spiro atoms. The van der Waals surface area contributed by atoms with Crippen LogP contribution in [0.2, 0.25) is 0 Å². The number of para-hydroxylation sites is 2. The number of hydrogen-bond donors (Lipinski definition) is 0. The van der Waals surface area contributed by atoms with E-state index in [1.165, 1.54) is 47.6 Å². The standard InChI is InChI=1S/C52H32N4S/c1-3-14-34(15-4-1)44-32-45(35-16-5-2-6-17-35)54-52(53-44)56-47-24-11-8-19-39(47)43-30-48-42(31-49(43)56)38-18-7-10-23-46(38)55(48)36-28-26-33(27-29-36)37-21-13-22-41-40-20-9-12-25-50(40)57-51(37)41/h1-32H. The predicted molar refractivity (Wildman–Crippen MR) is 240 cm³/mol. The zero-order valence-electron chi connectivity index (χ0n) is 30.7. The van der Waals surface area contributed by atoms with E-state index in [-0.39, 0.29) is 0 Å². The quantitative estimate of drug-likeness (QED) is 0.176. The third-order valence-corrected chi connectivity index (χ3v) is 12.6. The molecule has 12 rings (SSSR count). The summed E-state index contributed by atoms with van der Waals surface area (Å²) in [4.78, 5) is 10.6. The Labute approximate surface area is 332 Å². The summed E-state index contributed by atoms with van der Waals surface area (Å²) < 4.78 is 7.32. The van der Waals surface area contributed by atoms with Gasteiger partial charge in [-0.3, -0.25) is 4.57 Å². The van der Waals surface area contributed by atoms with Gasteiger partial charge in [0.05, 0.1) is 33.5 Å². The first-order valence-electron chi connectivity index (χ1n) is 19.2. The SMILES string of the molecule is c1ccc(-c2cc(-c3ccccc3)nc(-n3c4ccccc4c4cc5c(cc43)c3ccccc3n5-c3ccc(-c4cccc5c4sc4ccccc45)cc3)n2)cc1. The van der Waals surface area contributed by atoms with E-state index in [1.54, 1.807) is 0 Å². The van der Waals surface area contributed by atoms with Crippen LogP contribution in [0.3, 0.4) is 0 Å². The Hall–Kier alpha value is -7.34. The number of aromatic nitrogens is 4. The second kappa shape index (κ2) is 12.6. The number of hydrogen-bond acceptors (Lipinski definition) is 3. The van der Waals surface area contributed by atoms with Gasteiger partial charge in [-0.2, -0.15) is 0 Å². The van der Waals surface area contributed by atoms with Crippen LogP contribution in [0, 0.1) is 0 Å². The molecule has 57 heavy (non-hydrogen) atoms. The van der Waals surface area contributed by atoms with Gasteiger partial charge in [-0.15, -0.1) is 11.3 Å². The van der Waals surface area contributed by atoms with E-state index in [0.29, 0.717) is 5.95 Å². The number of thiophene rings is 1. The van der Waals surface area contributed by atoms with Crippen LogP contribution >= 0.6 is 11.3 Å². The molecule has 4 aromatic heterocycles.